The van der Waals surface area contributed by atoms with E-state index in [1.165, 1.54) is 6.07 Å². The lowest BCUT2D eigenvalue weighted by molar-refractivity contribution is 0.541. The molecule has 1 rings (SSSR count). The van der Waals surface area contributed by atoms with Gasteiger partial charge in [-0.1, -0.05) is 25.1 Å². The average Bonchev–Trinajstić information content (AvgIpc) is 2.34. The van der Waals surface area contributed by atoms with E-state index in [-0.39, 0.29) is 5.82 Å². The van der Waals surface area contributed by atoms with Crippen LogP contribution in [0, 0.1) is 5.82 Å². The maximum Gasteiger partial charge on any atom is 0.136 e. The molecule has 0 saturated carbocycles. The van der Waals surface area contributed by atoms with E-state index >= 15 is 0 Å². The second kappa shape index (κ2) is 8.31. The Morgan fingerprint density at radius 3 is 2.88 bits per heavy atom. The van der Waals surface area contributed by atoms with Crippen LogP contribution in [0.1, 0.15) is 19.8 Å². The Balaban J connectivity index is 2.45. The van der Waals surface area contributed by atoms with Crippen LogP contribution in [0.25, 0.3) is 0 Å². The summed E-state index contributed by atoms with van der Waals surface area (Å²) in [5.74, 6) is 0.763. The number of hydrogen-bond acceptors (Lipinski definition) is 2. The maximum atomic E-state index is 13.4. The van der Waals surface area contributed by atoms with Gasteiger partial charge in [0.15, 0.2) is 0 Å². The molecule has 1 atom stereocenters. The maximum absolute atomic E-state index is 13.4. The summed E-state index contributed by atoms with van der Waals surface area (Å²) in [7, 11) is 0. The molecule has 0 aliphatic rings. The quantitative estimate of drug-likeness (QED) is 0.557. The number of halogens is 1. The van der Waals surface area contributed by atoms with Crippen LogP contribution in [0.3, 0.4) is 0 Å². The molecular formula is C14H20FNS. The second-order valence-electron chi connectivity index (χ2n) is 3.86. The first-order chi connectivity index (χ1) is 8.27. The van der Waals surface area contributed by atoms with Crippen LogP contribution in [0.2, 0.25) is 0 Å². The highest BCUT2D eigenvalue weighted by Crippen LogP contribution is 2.22. The number of hydrogen-bond donors (Lipinski definition) is 1. The lowest BCUT2D eigenvalue weighted by atomic mass is 10.2. The molecule has 1 N–H and O–H groups in total. The van der Waals surface area contributed by atoms with Gasteiger partial charge in [-0.3, -0.25) is 0 Å². The van der Waals surface area contributed by atoms with Gasteiger partial charge in [0.25, 0.3) is 0 Å². The number of nitrogens with one attached hydrogen (secondary N) is 1. The molecule has 0 bridgehead atoms. The normalized spacial score (nSPS) is 12.4. The van der Waals surface area contributed by atoms with Crippen molar-refractivity contribution in [1.82, 2.24) is 5.32 Å². The van der Waals surface area contributed by atoms with Crippen molar-refractivity contribution >= 4 is 11.8 Å². The molecule has 1 unspecified atom stereocenters. The van der Waals surface area contributed by atoms with Gasteiger partial charge in [-0.15, -0.1) is 18.3 Å². The molecule has 17 heavy (non-hydrogen) atoms. The highest BCUT2D eigenvalue weighted by Gasteiger charge is 2.08. The van der Waals surface area contributed by atoms with E-state index in [1.807, 2.05) is 18.2 Å². The minimum absolute atomic E-state index is 0.128. The van der Waals surface area contributed by atoms with E-state index in [1.54, 1.807) is 17.8 Å². The molecule has 94 valence electrons. The Hall–Kier alpha value is -0.800. The molecule has 0 aliphatic heterocycles. The third kappa shape index (κ3) is 5.37. The fourth-order valence-electron chi connectivity index (χ4n) is 1.60. The molecule has 0 saturated heterocycles. The van der Waals surface area contributed by atoms with Gasteiger partial charge in [-0.2, -0.15) is 0 Å². The van der Waals surface area contributed by atoms with Gasteiger partial charge in [-0.25, -0.2) is 4.39 Å². The van der Waals surface area contributed by atoms with Crippen LogP contribution in [0.15, 0.2) is 41.8 Å². The summed E-state index contributed by atoms with van der Waals surface area (Å²) in [6.07, 6.45) is 3.98. The minimum Gasteiger partial charge on any atom is -0.313 e. The molecule has 0 amide bonds. The first-order valence-corrected chi connectivity index (χ1v) is 6.98. The molecule has 1 nitrogen and oxygen atoms in total. The summed E-state index contributed by atoms with van der Waals surface area (Å²) < 4.78 is 13.4. The third-order valence-corrected chi connectivity index (χ3v) is 3.70. The molecule has 0 aliphatic carbocycles. The second-order valence-corrected chi connectivity index (χ2v) is 4.92. The third-order valence-electron chi connectivity index (χ3n) is 2.49. The lowest BCUT2D eigenvalue weighted by Gasteiger charge is -2.16. The summed E-state index contributed by atoms with van der Waals surface area (Å²) in [6, 6.07) is 7.35. The monoisotopic (exact) mass is 253 g/mol. The van der Waals surface area contributed by atoms with Crippen LogP contribution in [0.4, 0.5) is 4.39 Å². The van der Waals surface area contributed by atoms with Gasteiger partial charge in [0, 0.05) is 16.7 Å². The zero-order chi connectivity index (χ0) is 12.5. The fourth-order valence-corrected chi connectivity index (χ4v) is 2.65. The summed E-state index contributed by atoms with van der Waals surface area (Å²) >= 11 is 1.57. The Morgan fingerprint density at radius 1 is 1.47 bits per heavy atom. The van der Waals surface area contributed by atoms with Crippen molar-refractivity contribution in [1.29, 1.82) is 0 Å². The van der Waals surface area contributed by atoms with Crippen molar-refractivity contribution < 1.29 is 4.39 Å². The zero-order valence-corrected chi connectivity index (χ0v) is 11.1. The van der Waals surface area contributed by atoms with E-state index in [0.717, 1.165) is 30.0 Å². The van der Waals surface area contributed by atoms with E-state index in [0.29, 0.717) is 6.04 Å². The van der Waals surface area contributed by atoms with Crippen LogP contribution >= 0.6 is 11.8 Å². The van der Waals surface area contributed by atoms with Crippen molar-refractivity contribution in [3.8, 4) is 0 Å². The Bertz CT molecular complexity index is 341. The molecule has 0 radical (unpaired) electrons. The van der Waals surface area contributed by atoms with Crippen molar-refractivity contribution in [3.63, 3.8) is 0 Å². The largest absolute Gasteiger partial charge is 0.313 e. The summed E-state index contributed by atoms with van der Waals surface area (Å²) in [6.45, 7) is 6.77. The van der Waals surface area contributed by atoms with Crippen LogP contribution < -0.4 is 5.32 Å². The van der Waals surface area contributed by atoms with Crippen LogP contribution in [-0.2, 0) is 0 Å². The Morgan fingerprint density at radius 2 is 2.24 bits per heavy atom. The van der Waals surface area contributed by atoms with Crippen molar-refractivity contribution in [2.45, 2.75) is 30.7 Å². The molecule has 0 aromatic heterocycles. The summed E-state index contributed by atoms with van der Waals surface area (Å²) in [4.78, 5) is 0.731. The number of allylic oxidation sites excluding steroid dienone is 1. The van der Waals surface area contributed by atoms with Gasteiger partial charge in [0.1, 0.15) is 5.82 Å². The zero-order valence-electron chi connectivity index (χ0n) is 10.3. The fraction of sp³-hybridized carbons (Fsp3) is 0.429. The van der Waals surface area contributed by atoms with E-state index < -0.39 is 0 Å². The topological polar surface area (TPSA) is 12.0 Å². The standard InChI is InChI=1S/C14H20FNS/c1-3-5-8-12(16-4-2)11-17-14-10-7-6-9-13(14)15/h3,6-7,9-10,12,16H,1,4-5,8,11H2,2H3. The molecule has 1 aromatic rings. The summed E-state index contributed by atoms with van der Waals surface area (Å²) in [5.41, 5.74) is 0. The van der Waals surface area contributed by atoms with Gasteiger partial charge < -0.3 is 5.32 Å². The van der Waals surface area contributed by atoms with E-state index in [4.69, 9.17) is 0 Å². The number of benzene rings is 1. The predicted octanol–water partition coefficient (Wildman–Crippen LogP) is 3.86. The summed E-state index contributed by atoms with van der Waals surface area (Å²) in [5, 5.41) is 3.42. The molecule has 1 aromatic carbocycles. The minimum atomic E-state index is -0.128. The van der Waals surface area contributed by atoms with Crippen molar-refractivity contribution in [3.05, 3.63) is 42.7 Å². The molecule has 3 heteroatoms. The molecule has 0 fully saturated rings. The van der Waals surface area contributed by atoms with Gasteiger partial charge in [0.2, 0.25) is 0 Å². The smallest absolute Gasteiger partial charge is 0.136 e. The molecular weight excluding hydrogens is 233 g/mol. The van der Waals surface area contributed by atoms with Crippen LogP contribution in [0.5, 0.6) is 0 Å². The van der Waals surface area contributed by atoms with Crippen molar-refractivity contribution in [2.75, 3.05) is 12.3 Å². The average molecular weight is 253 g/mol. The van der Waals surface area contributed by atoms with Gasteiger partial charge >= 0.3 is 0 Å². The van der Waals surface area contributed by atoms with Gasteiger partial charge in [0.05, 0.1) is 0 Å². The number of thioether (sulfide) groups is 1. The molecule has 0 heterocycles. The highest BCUT2D eigenvalue weighted by molar-refractivity contribution is 7.99. The first kappa shape index (κ1) is 14.3. The van der Waals surface area contributed by atoms with Crippen molar-refractivity contribution in [2.24, 2.45) is 0 Å². The first-order valence-electron chi connectivity index (χ1n) is 5.99. The van der Waals surface area contributed by atoms with Crippen LogP contribution in [-0.4, -0.2) is 18.3 Å². The van der Waals surface area contributed by atoms with E-state index in [9.17, 15) is 4.39 Å². The highest BCUT2D eigenvalue weighted by atomic mass is 32.2. The predicted molar refractivity (Wildman–Crippen MR) is 74.0 cm³/mol. The SMILES string of the molecule is C=CCCC(CSc1ccccc1F)NCC. The lowest BCUT2D eigenvalue weighted by Crippen LogP contribution is -2.30. The Kier molecular flexibility index (Phi) is 6.97. The Labute approximate surface area is 107 Å². The molecule has 0 spiro atoms. The number of rotatable bonds is 8. The van der Waals surface area contributed by atoms with E-state index in [2.05, 4.69) is 18.8 Å². The van der Waals surface area contributed by atoms with Gasteiger partial charge in [-0.05, 0) is 31.5 Å².